The number of likely N-dealkylation sites (tertiary alicyclic amines) is 1. The summed E-state index contributed by atoms with van der Waals surface area (Å²) in [7, 11) is 2.89. The van der Waals surface area contributed by atoms with E-state index < -0.39 is 28.9 Å². The molecule has 0 bridgehead atoms. The van der Waals surface area contributed by atoms with Gasteiger partial charge in [-0.2, -0.15) is 0 Å². The van der Waals surface area contributed by atoms with E-state index in [0.717, 1.165) is 0 Å². The summed E-state index contributed by atoms with van der Waals surface area (Å²) in [4.78, 5) is 19.4. The SMILES string of the molecule is COc1cccc(OC)c1-c1c(-c2ccc(F)cc2)nc(O)c(C(=O)N2CCC(c3ccccc3F)C2)c1O. The zero-order chi connectivity index (χ0) is 27.7. The summed E-state index contributed by atoms with van der Waals surface area (Å²) >= 11 is 0. The van der Waals surface area contributed by atoms with E-state index >= 15 is 0 Å². The molecule has 1 aromatic heterocycles. The molecule has 4 aromatic rings. The molecule has 0 radical (unpaired) electrons. The van der Waals surface area contributed by atoms with Crippen LogP contribution in [0.4, 0.5) is 8.78 Å². The molecular weight excluding hydrogens is 506 g/mol. The number of hydrogen-bond donors (Lipinski definition) is 2. The number of pyridine rings is 1. The Labute approximate surface area is 223 Å². The number of amides is 1. The highest BCUT2D eigenvalue weighted by Crippen LogP contribution is 2.50. The average Bonchev–Trinajstić information content (AvgIpc) is 3.43. The van der Waals surface area contributed by atoms with Gasteiger partial charge in [0.2, 0.25) is 5.88 Å². The van der Waals surface area contributed by atoms with Gasteiger partial charge in [-0.3, -0.25) is 4.79 Å². The topological polar surface area (TPSA) is 92.1 Å². The minimum Gasteiger partial charge on any atom is -0.506 e. The fourth-order valence-electron chi connectivity index (χ4n) is 5.07. The molecule has 0 aliphatic carbocycles. The van der Waals surface area contributed by atoms with E-state index in [4.69, 9.17) is 9.47 Å². The lowest BCUT2D eigenvalue weighted by Gasteiger charge is -2.22. The highest BCUT2D eigenvalue weighted by atomic mass is 19.1. The Bertz CT molecular complexity index is 1520. The van der Waals surface area contributed by atoms with Crippen molar-refractivity contribution < 1.29 is 33.3 Å². The predicted octanol–water partition coefficient (Wildman–Crippen LogP) is 5.75. The minimum atomic E-state index is -0.691. The number of hydrogen-bond acceptors (Lipinski definition) is 6. The van der Waals surface area contributed by atoms with Gasteiger partial charge in [0.05, 0.1) is 31.0 Å². The lowest BCUT2D eigenvalue weighted by Crippen LogP contribution is -2.29. The molecule has 39 heavy (non-hydrogen) atoms. The van der Waals surface area contributed by atoms with Crippen LogP contribution in [0.5, 0.6) is 23.1 Å². The van der Waals surface area contributed by atoms with Crippen molar-refractivity contribution >= 4 is 5.91 Å². The Morgan fingerprint density at radius 1 is 0.923 bits per heavy atom. The van der Waals surface area contributed by atoms with Crippen molar-refractivity contribution in [1.82, 2.24) is 9.88 Å². The molecule has 1 fully saturated rings. The van der Waals surface area contributed by atoms with Gasteiger partial charge in [-0.25, -0.2) is 13.8 Å². The first-order chi connectivity index (χ1) is 18.8. The molecule has 5 rings (SSSR count). The summed E-state index contributed by atoms with van der Waals surface area (Å²) in [6.45, 7) is 0.495. The smallest absolute Gasteiger partial charge is 0.263 e. The zero-order valence-corrected chi connectivity index (χ0v) is 21.3. The van der Waals surface area contributed by atoms with Gasteiger partial charge in [-0.05, 0) is 54.4 Å². The van der Waals surface area contributed by atoms with Gasteiger partial charge in [0, 0.05) is 24.6 Å². The maximum Gasteiger partial charge on any atom is 0.263 e. The molecule has 1 aliphatic heterocycles. The third-order valence-corrected chi connectivity index (χ3v) is 6.98. The van der Waals surface area contributed by atoms with Crippen molar-refractivity contribution in [2.24, 2.45) is 0 Å². The maximum absolute atomic E-state index is 14.4. The van der Waals surface area contributed by atoms with Crippen LogP contribution in [-0.4, -0.2) is 53.3 Å². The average molecular weight is 533 g/mol. The minimum absolute atomic E-state index is 0.0712. The Morgan fingerprint density at radius 2 is 1.59 bits per heavy atom. The first-order valence-electron chi connectivity index (χ1n) is 12.3. The number of nitrogens with zero attached hydrogens (tertiary/aromatic N) is 2. The van der Waals surface area contributed by atoms with Crippen molar-refractivity contribution in [2.75, 3.05) is 27.3 Å². The summed E-state index contributed by atoms with van der Waals surface area (Å²) in [6.07, 6.45) is 0.516. The summed E-state index contributed by atoms with van der Waals surface area (Å²) in [6, 6.07) is 16.8. The molecule has 0 saturated carbocycles. The molecule has 1 aliphatic rings. The van der Waals surface area contributed by atoms with E-state index in [0.29, 0.717) is 41.2 Å². The maximum atomic E-state index is 14.4. The van der Waals surface area contributed by atoms with Gasteiger partial charge in [-0.1, -0.05) is 24.3 Å². The lowest BCUT2D eigenvalue weighted by atomic mass is 9.94. The van der Waals surface area contributed by atoms with Gasteiger partial charge in [0.15, 0.2) is 0 Å². The van der Waals surface area contributed by atoms with Crippen LogP contribution in [0.2, 0.25) is 0 Å². The van der Waals surface area contributed by atoms with Crippen LogP contribution in [0.15, 0.2) is 66.7 Å². The van der Waals surface area contributed by atoms with Gasteiger partial charge < -0.3 is 24.6 Å². The Hall–Kier alpha value is -4.66. The Balaban J connectivity index is 1.65. The summed E-state index contributed by atoms with van der Waals surface area (Å²) < 4.78 is 39.2. The monoisotopic (exact) mass is 532 g/mol. The van der Waals surface area contributed by atoms with Crippen molar-refractivity contribution in [2.45, 2.75) is 12.3 Å². The number of halogens is 2. The highest BCUT2D eigenvalue weighted by Gasteiger charge is 2.35. The molecule has 1 unspecified atom stereocenters. The third kappa shape index (κ3) is 4.71. The van der Waals surface area contributed by atoms with Crippen LogP contribution in [0.1, 0.15) is 28.3 Å². The van der Waals surface area contributed by atoms with Crippen LogP contribution in [0, 0.1) is 11.6 Å². The standard InChI is InChI=1S/C30H26F2N2O5/c1-38-22-8-5-9-23(39-2)24(22)25-27(17-10-12-19(31)13-11-17)33-29(36)26(28(25)35)30(37)34-15-14-18(16-34)20-6-3-4-7-21(20)32/h3-13,18H,14-16H2,1-2H3,(H2,33,35,36). The number of rotatable bonds is 6. The largest absolute Gasteiger partial charge is 0.506 e. The van der Waals surface area contributed by atoms with E-state index in [1.165, 1.54) is 49.5 Å². The third-order valence-electron chi connectivity index (χ3n) is 6.98. The van der Waals surface area contributed by atoms with E-state index in [1.807, 2.05) is 0 Å². The molecule has 200 valence electrons. The molecule has 1 amide bonds. The lowest BCUT2D eigenvalue weighted by molar-refractivity contribution is 0.0783. The molecule has 7 nitrogen and oxygen atoms in total. The fraction of sp³-hybridized carbons (Fsp3) is 0.200. The summed E-state index contributed by atoms with van der Waals surface area (Å²) in [5.41, 5.74) is 0.941. The fourth-order valence-corrected chi connectivity index (χ4v) is 5.07. The zero-order valence-electron chi connectivity index (χ0n) is 21.3. The van der Waals surface area contributed by atoms with Crippen LogP contribution in [-0.2, 0) is 0 Å². The second-order valence-electron chi connectivity index (χ2n) is 9.19. The quantitative estimate of drug-likeness (QED) is 0.329. The van der Waals surface area contributed by atoms with E-state index in [1.54, 1.807) is 36.4 Å². The number of carbonyl (C=O) groups is 1. The van der Waals surface area contributed by atoms with E-state index in [2.05, 4.69) is 4.98 Å². The van der Waals surface area contributed by atoms with Crippen LogP contribution in [0.25, 0.3) is 22.4 Å². The second-order valence-corrected chi connectivity index (χ2v) is 9.19. The van der Waals surface area contributed by atoms with Gasteiger partial charge in [-0.15, -0.1) is 0 Å². The molecule has 1 atom stereocenters. The van der Waals surface area contributed by atoms with Gasteiger partial charge >= 0.3 is 0 Å². The van der Waals surface area contributed by atoms with Crippen LogP contribution < -0.4 is 9.47 Å². The van der Waals surface area contributed by atoms with Crippen molar-refractivity contribution in [1.29, 1.82) is 0 Å². The molecule has 1 saturated heterocycles. The van der Waals surface area contributed by atoms with Crippen LogP contribution >= 0.6 is 0 Å². The van der Waals surface area contributed by atoms with Crippen molar-refractivity contribution in [3.8, 4) is 45.5 Å². The highest BCUT2D eigenvalue weighted by molar-refractivity contribution is 6.04. The number of carbonyl (C=O) groups excluding carboxylic acids is 1. The molecule has 2 N–H and O–H groups in total. The van der Waals surface area contributed by atoms with Gasteiger partial charge in [0.1, 0.15) is 34.4 Å². The molecule has 0 spiro atoms. The molecule has 2 heterocycles. The molecule has 9 heteroatoms. The predicted molar refractivity (Wildman–Crippen MR) is 141 cm³/mol. The van der Waals surface area contributed by atoms with Gasteiger partial charge in [0.25, 0.3) is 5.91 Å². The van der Waals surface area contributed by atoms with Crippen molar-refractivity contribution in [3.05, 3.63) is 89.5 Å². The Kier molecular flexibility index (Phi) is 7.06. The Morgan fingerprint density at radius 3 is 2.23 bits per heavy atom. The molecule has 3 aromatic carbocycles. The van der Waals surface area contributed by atoms with E-state index in [-0.39, 0.29) is 29.5 Å². The normalized spacial score (nSPS) is 14.9. The number of aromatic nitrogens is 1. The van der Waals surface area contributed by atoms with E-state index in [9.17, 15) is 23.8 Å². The van der Waals surface area contributed by atoms with Crippen LogP contribution in [0.3, 0.4) is 0 Å². The summed E-state index contributed by atoms with van der Waals surface area (Å²) in [5, 5.41) is 22.6. The first kappa shape index (κ1) is 26.0. The first-order valence-corrected chi connectivity index (χ1v) is 12.3. The summed E-state index contributed by atoms with van der Waals surface area (Å²) in [5.74, 6) is -2.31. The molecular formula is C30H26F2N2O5. The second kappa shape index (κ2) is 10.6. The number of methoxy groups -OCH3 is 2. The number of benzene rings is 3. The number of ether oxygens (including phenoxy) is 2. The van der Waals surface area contributed by atoms with Crippen molar-refractivity contribution in [3.63, 3.8) is 0 Å². The number of aromatic hydroxyl groups is 2.